The van der Waals surface area contributed by atoms with Gasteiger partial charge in [0.15, 0.2) is 0 Å². The molecule has 0 saturated carbocycles. The quantitative estimate of drug-likeness (QED) is 0.706. The Bertz CT molecular complexity index is 391. The minimum Gasteiger partial charge on any atom is -0.493 e. The number of carbonyl (C=O) groups is 1. The molecule has 0 heterocycles. The van der Waals surface area contributed by atoms with Crippen LogP contribution in [0.4, 0.5) is 0 Å². The second-order valence-corrected chi connectivity index (χ2v) is 4.88. The van der Waals surface area contributed by atoms with Crippen molar-refractivity contribution in [3.05, 3.63) is 29.8 Å². The van der Waals surface area contributed by atoms with E-state index >= 15 is 0 Å². The highest BCUT2D eigenvalue weighted by Crippen LogP contribution is 2.12. The lowest BCUT2D eigenvalue weighted by molar-refractivity contribution is -0.121. The molecule has 3 N–H and O–H groups in total. The van der Waals surface area contributed by atoms with Crippen LogP contribution in [0, 0.1) is 6.92 Å². The molecule has 0 aliphatic heterocycles. The molecule has 1 aromatic carbocycles. The number of carbonyl (C=O) groups excluding carboxylic acids is 1. The SMILES string of the molecule is Cc1cccc(OCCC(=O)NCCCC(C)N)c1. The summed E-state index contributed by atoms with van der Waals surface area (Å²) >= 11 is 0. The first-order valence-electron chi connectivity index (χ1n) is 6.79. The summed E-state index contributed by atoms with van der Waals surface area (Å²) in [5.74, 6) is 0.835. The van der Waals surface area contributed by atoms with Crippen molar-refractivity contribution in [2.24, 2.45) is 5.73 Å². The molecule has 19 heavy (non-hydrogen) atoms. The predicted octanol–water partition coefficient (Wildman–Crippen LogP) is 2.01. The fourth-order valence-electron chi connectivity index (χ4n) is 1.71. The van der Waals surface area contributed by atoms with Crippen molar-refractivity contribution in [2.45, 2.75) is 39.2 Å². The van der Waals surface area contributed by atoms with E-state index in [2.05, 4.69) is 5.32 Å². The van der Waals surface area contributed by atoms with E-state index in [1.165, 1.54) is 0 Å². The first kappa shape index (κ1) is 15.5. The second-order valence-electron chi connectivity index (χ2n) is 4.88. The molecule has 0 fully saturated rings. The number of hydrogen-bond acceptors (Lipinski definition) is 3. The Morgan fingerprint density at radius 3 is 2.95 bits per heavy atom. The third kappa shape index (κ3) is 7.47. The lowest BCUT2D eigenvalue weighted by Crippen LogP contribution is -2.27. The van der Waals surface area contributed by atoms with Crippen molar-refractivity contribution in [3.8, 4) is 5.75 Å². The van der Waals surface area contributed by atoms with Gasteiger partial charge in [0.05, 0.1) is 13.0 Å². The Balaban J connectivity index is 2.10. The maximum Gasteiger partial charge on any atom is 0.223 e. The van der Waals surface area contributed by atoms with Gasteiger partial charge in [0.25, 0.3) is 0 Å². The third-order valence-corrected chi connectivity index (χ3v) is 2.75. The monoisotopic (exact) mass is 264 g/mol. The molecule has 0 aliphatic rings. The maximum atomic E-state index is 11.5. The van der Waals surface area contributed by atoms with Gasteiger partial charge in [-0.3, -0.25) is 4.79 Å². The summed E-state index contributed by atoms with van der Waals surface area (Å²) in [6.07, 6.45) is 2.23. The van der Waals surface area contributed by atoms with Gasteiger partial charge in [-0.1, -0.05) is 12.1 Å². The minimum absolute atomic E-state index is 0.0253. The van der Waals surface area contributed by atoms with Gasteiger partial charge in [-0.05, 0) is 44.4 Å². The number of nitrogens with one attached hydrogen (secondary N) is 1. The van der Waals surface area contributed by atoms with E-state index in [9.17, 15) is 4.79 Å². The Hall–Kier alpha value is -1.55. The smallest absolute Gasteiger partial charge is 0.223 e. The van der Waals surface area contributed by atoms with E-state index in [1.807, 2.05) is 38.1 Å². The normalized spacial score (nSPS) is 11.9. The summed E-state index contributed by atoms with van der Waals surface area (Å²) in [7, 11) is 0. The van der Waals surface area contributed by atoms with Crippen LogP contribution in [0.25, 0.3) is 0 Å². The van der Waals surface area contributed by atoms with Gasteiger partial charge in [0, 0.05) is 12.6 Å². The van der Waals surface area contributed by atoms with E-state index < -0.39 is 0 Å². The standard InChI is InChI=1S/C15H24N2O2/c1-12-5-3-7-14(11-12)19-10-8-15(18)17-9-4-6-13(2)16/h3,5,7,11,13H,4,6,8-10,16H2,1-2H3,(H,17,18). The van der Waals surface area contributed by atoms with Crippen LogP contribution in [0.2, 0.25) is 0 Å². The number of hydrogen-bond donors (Lipinski definition) is 2. The summed E-state index contributed by atoms with van der Waals surface area (Å²) in [5, 5.41) is 2.86. The zero-order valence-electron chi connectivity index (χ0n) is 11.8. The van der Waals surface area contributed by atoms with Gasteiger partial charge < -0.3 is 15.8 Å². The van der Waals surface area contributed by atoms with E-state index in [0.717, 1.165) is 24.2 Å². The lowest BCUT2D eigenvalue weighted by atomic mass is 10.2. The van der Waals surface area contributed by atoms with Gasteiger partial charge >= 0.3 is 0 Å². The highest BCUT2D eigenvalue weighted by atomic mass is 16.5. The molecule has 0 aliphatic carbocycles. The molecule has 0 saturated heterocycles. The van der Waals surface area contributed by atoms with E-state index in [-0.39, 0.29) is 11.9 Å². The average molecular weight is 264 g/mol. The molecule has 1 aromatic rings. The van der Waals surface area contributed by atoms with Crippen LogP contribution in [0.1, 0.15) is 31.7 Å². The summed E-state index contributed by atoms with van der Waals surface area (Å²) < 4.78 is 5.52. The molecule has 1 unspecified atom stereocenters. The molecule has 1 rings (SSSR count). The second kappa shape index (κ2) is 8.53. The highest BCUT2D eigenvalue weighted by molar-refractivity contribution is 5.75. The molecule has 1 atom stereocenters. The minimum atomic E-state index is 0.0253. The summed E-state index contributed by atoms with van der Waals surface area (Å²) in [6.45, 7) is 5.07. The molecular formula is C15H24N2O2. The third-order valence-electron chi connectivity index (χ3n) is 2.75. The molecule has 0 aromatic heterocycles. The summed E-state index contributed by atoms with van der Waals surface area (Å²) in [5.41, 5.74) is 6.78. The average Bonchev–Trinajstić information content (AvgIpc) is 2.34. The molecule has 4 nitrogen and oxygen atoms in total. The van der Waals surface area contributed by atoms with E-state index in [1.54, 1.807) is 0 Å². The summed E-state index contributed by atoms with van der Waals surface area (Å²) in [6, 6.07) is 8.01. The largest absolute Gasteiger partial charge is 0.493 e. The zero-order valence-corrected chi connectivity index (χ0v) is 11.8. The number of amides is 1. The highest BCUT2D eigenvalue weighted by Gasteiger charge is 2.02. The van der Waals surface area contributed by atoms with Crippen molar-refractivity contribution in [1.82, 2.24) is 5.32 Å². The first-order valence-corrected chi connectivity index (χ1v) is 6.79. The van der Waals surface area contributed by atoms with Gasteiger partial charge in [-0.25, -0.2) is 0 Å². The van der Waals surface area contributed by atoms with Crippen molar-refractivity contribution < 1.29 is 9.53 Å². The van der Waals surface area contributed by atoms with Crippen LogP contribution in [-0.2, 0) is 4.79 Å². The number of rotatable bonds is 8. The Labute approximate surface area is 115 Å². The van der Waals surface area contributed by atoms with Gasteiger partial charge in [-0.2, -0.15) is 0 Å². The molecule has 1 amide bonds. The Morgan fingerprint density at radius 1 is 1.47 bits per heavy atom. The van der Waals surface area contributed by atoms with Crippen molar-refractivity contribution in [2.75, 3.05) is 13.2 Å². The van der Waals surface area contributed by atoms with Crippen LogP contribution in [-0.4, -0.2) is 25.1 Å². The predicted molar refractivity (Wildman–Crippen MR) is 77.2 cm³/mol. The van der Waals surface area contributed by atoms with E-state index in [0.29, 0.717) is 19.6 Å². The van der Waals surface area contributed by atoms with Crippen LogP contribution in [0.15, 0.2) is 24.3 Å². The molecule has 0 spiro atoms. The van der Waals surface area contributed by atoms with Gasteiger partial charge in [-0.15, -0.1) is 0 Å². The van der Waals surface area contributed by atoms with Crippen LogP contribution in [0.5, 0.6) is 5.75 Å². The van der Waals surface area contributed by atoms with Crippen LogP contribution in [0.3, 0.4) is 0 Å². The van der Waals surface area contributed by atoms with Crippen molar-refractivity contribution >= 4 is 5.91 Å². The Kier molecular flexibility index (Phi) is 6.97. The molecule has 0 radical (unpaired) electrons. The van der Waals surface area contributed by atoms with Crippen molar-refractivity contribution in [1.29, 1.82) is 0 Å². The molecular weight excluding hydrogens is 240 g/mol. The molecule has 0 bridgehead atoms. The number of aryl methyl sites for hydroxylation is 1. The topological polar surface area (TPSA) is 64.3 Å². The van der Waals surface area contributed by atoms with Crippen molar-refractivity contribution in [3.63, 3.8) is 0 Å². The first-order chi connectivity index (χ1) is 9.08. The van der Waals surface area contributed by atoms with Gasteiger partial charge in [0.1, 0.15) is 5.75 Å². The van der Waals surface area contributed by atoms with Gasteiger partial charge in [0.2, 0.25) is 5.91 Å². The fraction of sp³-hybridized carbons (Fsp3) is 0.533. The van der Waals surface area contributed by atoms with E-state index in [4.69, 9.17) is 10.5 Å². The maximum absolute atomic E-state index is 11.5. The fourth-order valence-corrected chi connectivity index (χ4v) is 1.71. The zero-order chi connectivity index (χ0) is 14.1. The Morgan fingerprint density at radius 2 is 2.26 bits per heavy atom. The lowest BCUT2D eigenvalue weighted by Gasteiger charge is -2.08. The number of nitrogens with two attached hydrogens (primary N) is 1. The summed E-state index contributed by atoms with van der Waals surface area (Å²) in [4.78, 5) is 11.5. The number of benzene rings is 1. The van der Waals surface area contributed by atoms with Crippen LogP contribution < -0.4 is 15.8 Å². The van der Waals surface area contributed by atoms with Crippen LogP contribution >= 0.6 is 0 Å². The molecule has 106 valence electrons. The molecule has 4 heteroatoms. The number of ether oxygens (including phenoxy) is 1.